The van der Waals surface area contributed by atoms with Gasteiger partial charge >= 0.3 is 10.1 Å². The number of rotatable bonds is 9. The van der Waals surface area contributed by atoms with Gasteiger partial charge in [-0.1, -0.05) is 6.07 Å². The lowest BCUT2D eigenvalue weighted by molar-refractivity contribution is -0.117. The Balaban J connectivity index is 1.22. The summed E-state index contributed by atoms with van der Waals surface area (Å²) in [5.41, 5.74) is 2.94. The molecule has 0 unspecified atom stereocenters. The van der Waals surface area contributed by atoms with Crippen molar-refractivity contribution in [3.8, 4) is 5.75 Å². The van der Waals surface area contributed by atoms with Crippen molar-refractivity contribution in [1.82, 2.24) is 15.0 Å². The van der Waals surface area contributed by atoms with Crippen LogP contribution in [0.1, 0.15) is 18.5 Å². The molecule has 2 aromatic heterocycles. The lowest BCUT2D eigenvalue weighted by atomic mass is 10.2. The third kappa shape index (κ3) is 5.18. The van der Waals surface area contributed by atoms with Crippen molar-refractivity contribution in [3.63, 3.8) is 0 Å². The number of nitrogens with zero attached hydrogens (tertiary/aromatic N) is 2. The molecule has 0 bridgehead atoms. The second-order valence-electron chi connectivity index (χ2n) is 8.09. The van der Waals surface area contributed by atoms with Gasteiger partial charge in [-0.3, -0.25) is 15.1 Å². The van der Waals surface area contributed by atoms with Crippen LogP contribution in [0.3, 0.4) is 0 Å². The van der Waals surface area contributed by atoms with Crippen molar-refractivity contribution < 1.29 is 17.4 Å². The number of carbonyl (C=O) groups is 1. The summed E-state index contributed by atoms with van der Waals surface area (Å²) in [5, 5.41) is 5.99. The van der Waals surface area contributed by atoms with E-state index in [1.54, 1.807) is 24.4 Å². The highest BCUT2D eigenvalue weighted by Crippen LogP contribution is 2.30. The quantitative estimate of drug-likeness (QED) is 0.314. The van der Waals surface area contributed by atoms with Crippen LogP contribution < -0.4 is 14.8 Å². The fraction of sp³-hybridized carbons (Fsp3) is 0.208. The van der Waals surface area contributed by atoms with Crippen LogP contribution in [-0.4, -0.2) is 35.8 Å². The number of amides is 1. The van der Waals surface area contributed by atoms with Crippen LogP contribution in [0.5, 0.6) is 5.75 Å². The van der Waals surface area contributed by atoms with Gasteiger partial charge in [-0.25, -0.2) is 4.98 Å². The lowest BCUT2D eigenvalue weighted by Crippen LogP contribution is -2.14. The van der Waals surface area contributed by atoms with Crippen molar-refractivity contribution in [2.45, 2.75) is 24.2 Å². The molecule has 1 saturated carbocycles. The molecule has 0 aliphatic heterocycles. The molecule has 2 heterocycles. The van der Waals surface area contributed by atoms with Crippen molar-refractivity contribution in [1.29, 1.82) is 0 Å². The number of H-pyrrole nitrogens is 1. The largest absolute Gasteiger partial charge is 0.385 e. The van der Waals surface area contributed by atoms with E-state index in [1.807, 2.05) is 18.2 Å². The molecule has 0 saturated heterocycles. The molecule has 1 aliphatic carbocycles. The number of aromatic amines is 1. The predicted octanol–water partition coefficient (Wildman–Crippen LogP) is 3.73. The van der Waals surface area contributed by atoms with Gasteiger partial charge in [0, 0.05) is 42.5 Å². The first-order valence-corrected chi connectivity index (χ1v) is 12.4. The number of pyridine rings is 1. The summed E-state index contributed by atoms with van der Waals surface area (Å²) >= 11 is 0. The Kier molecular flexibility index (Phi) is 5.89. The topological polar surface area (TPSA) is 126 Å². The minimum absolute atomic E-state index is 0.0438. The third-order valence-corrected chi connectivity index (χ3v) is 6.69. The van der Waals surface area contributed by atoms with Crippen molar-refractivity contribution in [2.24, 2.45) is 5.92 Å². The van der Waals surface area contributed by atoms with Gasteiger partial charge in [0.2, 0.25) is 11.9 Å². The number of carbonyl (C=O) groups excluding carboxylic acids is 1. The van der Waals surface area contributed by atoms with E-state index in [0.29, 0.717) is 23.5 Å². The maximum absolute atomic E-state index is 12.7. The summed E-state index contributed by atoms with van der Waals surface area (Å²) in [4.78, 5) is 23.6. The zero-order valence-electron chi connectivity index (χ0n) is 18.2. The van der Waals surface area contributed by atoms with E-state index in [0.717, 1.165) is 30.6 Å². The minimum atomic E-state index is -4.02. The number of fused-ring (bicyclic) bond motifs is 1. The number of hydrogen-bond donors (Lipinski definition) is 3. The highest BCUT2D eigenvalue weighted by atomic mass is 32.2. The Bertz CT molecular complexity index is 1420. The van der Waals surface area contributed by atoms with Gasteiger partial charge in [0.25, 0.3) is 0 Å². The first-order valence-electron chi connectivity index (χ1n) is 11.0. The van der Waals surface area contributed by atoms with Crippen molar-refractivity contribution in [2.75, 3.05) is 17.2 Å². The molecule has 9 nitrogen and oxygen atoms in total. The third-order valence-electron chi connectivity index (χ3n) is 5.43. The standard InChI is InChI=1S/C24H23N5O4S/c30-23(16-4-5-16)29-24-27-21-11-8-19(15-22(21)28-24)33-34(31,32)20-9-6-18(7-10-20)26-14-12-17-3-1-2-13-25-17/h1-3,6-11,13,15-16,26H,4-5,12,14H2,(H2,27,28,29,30). The molecule has 0 spiro atoms. The van der Waals surface area contributed by atoms with Crippen LogP contribution in [0.25, 0.3) is 11.0 Å². The number of nitrogens with one attached hydrogen (secondary N) is 3. The van der Waals surface area contributed by atoms with E-state index < -0.39 is 10.1 Å². The van der Waals surface area contributed by atoms with Crippen molar-refractivity contribution in [3.05, 3.63) is 72.6 Å². The summed E-state index contributed by atoms with van der Waals surface area (Å²) in [6.07, 6.45) is 4.30. The molecular weight excluding hydrogens is 454 g/mol. The molecule has 1 fully saturated rings. The Morgan fingerprint density at radius 2 is 1.91 bits per heavy atom. The zero-order chi connectivity index (χ0) is 23.5. The van der Waals surface area contributed by atoms with Gasteiger partial charge < -0.3 is 14.5 Å². The van der Waals surface area contributed by atoms with E-state index in [2.05, 4.69) is 25.6 Å². The second-order valence-corrected chi connectivity index (χ2v) is 9.63. The minimum Gasteiger partial charge on any atom is -0.385 e. The van der Waals surface area contributed by atoms with Crippen molar-refractivity contribution >= 4 is 38.7 Å². The summed E-state index contributed by atoms with van der Waals surface area (Å²) in [6.45, 7) is 0.673. The van der Waals surface area contributed by atoms with Crippen LogP contribution >= 0.6 is 0 Å². The summed E-state index contributed by atoms with van der Waals surface area (Å²) in [5.74, 6) is 0.460. The fourth-order valence-electron chi connectivity index (χ4n) is 3.46. The van der Waals surface area contributed by atoms with Gasteiger partial charge in [0.05, 0.1) is 11.0 Å². The number of aromatic nitrogens is 3. The van der Waals surface area contributed by atoms with E-state index in [4.69, 9.17) is 4.18 Å². The monoisotopic (exact) mass is 477 g/mol. The molecule has 2 aromatic carbocycles. The average Bonchev–Trinajstić information content (AvgIpc) is 3.61. The van der Waals surface area contributed by atoms with Gasteiger partial charge in [-0.05, 0) is 61.4 Å². The highest BCUT2D eigenvalue weighted by molar-refractivity contribution is 7.87. The van der Waals surface area contributed by atoms with Crippen LogP contribution in [-0.2, 0) is 21.3 Å². The fourth-order valence-corrected chi connectivity index (χ4v) is 4.38. The van der Waals surface area contributed by atoms with Crippen LogP contribution in [0, 0.1) is 5.92 Å². The number of hydrogen-bond acceptors (Lipinski definition) is 7. The second kappa shape index (κ2) is 9.14. The van der Waals surface area contributed by atoms with Gasteiger partial charge in [0.15, 0.2) is 0 Å². The molecule has 0 radical (unpaired) electrons. The van der Waals surface area contributed by atoms with Gasteiger partial charge in [-0.2, -0.15) is 8.42 Å². The first-order chi connectivity index (χ1) is 16.5. The van der Waals surface area contributed by atoms with E-state index in [9.17, 15) is 13.2 Å². The summed E-state index contributed by atoms with van der Waals surface area (Å²) in [6, 6.07) is 16.9. The molecule has 4 aromatic rings. The molecule has 1 amide bonds. The molecule has 5 rings (SSSR count). The Labute approximate surface area is 196 Å². The van der Waals surface area contributed by atoms with Crippen LogP contribution in [0.15, 0.2) is 71.8 Å². The Hall–Kier alpha value is -3.92. The first kappa shape index (κ1) is 21.9. The van der Waals surface area contributed by atoms with E-state index >= 15 is 0 Å². The zero-order valence-corrected chi connectivity index (χ0v) is 19.0. The van der Waals surface area contributed by atoms with Crippen LogP contribution in [0.4, 0.5) is 11.6 Å². The van der Waals surface area contributed by atoms with Gasteiger partial charge in [-0.15, -0.1) is 0 Å². The molecule has 174 valence electrons. The maximum Gasteiger partial charge on any atom is 0.339 e. The normalized spacial score (nSPS) is 13.5. The maximum atomic E-state index is 12.7. The number of benzene rings is 2. The summed E-state index contributed by atoms with van der Waals surface area (Å²) < 4.78 is 30.8. The molecule has 3 N–H and O–H groups in total. The molecule has 34 heavy (non-hydrogen) atoms. The molecular formula is C24H23N5O4S. The number of anilines is 2. The van der Waals surface area contributed by atoms with E-state index in [-0.39, 0.29) is 22.5 Å². The average molecular weight is 478 g/mol. The Morgan fingerprint density at radius 3 is 2.65 bits per heavy atom. The smallest absolute Gasteiger partial charge is 0.339 e. The Morgan fingerprint density at radius 1 is 1.09 bits per heavy atom. The predicted molar refractivity (Wildman–Crippen MR) is 128 cm³/mol. The van der Waals surface area contributed by atoms with Gasteiger partial charge in [0.1, 0.15) is 10.6 Å². The summed E-state index contributed by atoms with van der Waals surface area (Å²) in [7, 11) is -4.02. The van der Waals surface area contributed by atoms with E-state index in [1.165, 1.54) is 24.3 Å². The SMILES string of the molecule is O=C(Nc1nc2cc(OS(=O)(=O)c3ccc(NCCc4ccccn4)cc3)ccc2[nH]1)C1CC1. The molecule has 1 aliphatic rings. The molecule has 10 heteroatoms. The lowest BCUT2D eigenvalue weighted by Gasteiger charge is -2.09. The highest BCUT2D eigenvalue weighted by Gasteiger charge is 2.30. The van der Waals surface area contributed by atoms with Crippen LogP contribution in [0.2, 0.25) is 0 Å². The molecule has 0 atom stereocenters. The number of imidazole rings is 1.